The van der Waals surface area contributed by atoms with Gasteiger partial charge in [-0.1, -0.05) is 18.2 Å². The molecule has 0 unspecified atom stereocenters. The van der Waals surface area contributed by atoms with Gasteiger partial charge in [-0.2, -0.15) is 0 Å². The van der Waals surface area contributed by atoms with E-state index < -0.39 is 11.8 Å². The molecule has 2 aromatic carbocycles. The molecule has 26 heavy (non-hydrogen) atoms. The van der Waals surface area contributed by atoms with Crippen molar-refractivity contribution in [1.29, 1.82) is 0 Å². The number of para-hydroxylation sites is 1. The summed E-state index contributed by atoms with van der Waals surface area (Å²) in [5.41, 5.74) is 1.71. The largest absolute Gasteiger partial charge is 0.322 e. The summed E-state index contributed by atoms with van der Waals surface area (Å²) < 4.78 is 0. The van der Waals surface area contributed by atoms with Crippen molar-refractivity contribution in [1.82, 2.24) is 9.97 Å². The fraction of sp³-hybridized carbons (Fsp3) is 0. The number of rotatable bonds is 3. The van der Waals surface area contributed by atoms with Crippen LogP contribution in [0.4, 0.5) is 11.4 Å². The van der Waals surface area contributed by atoms with E-state index in [1.165, 1.54) is 12.5 Å². The minimum absolute atomic E-state index is 0.0795. The van der Waals surface area contributed by atoms with Crippen molar-refractivity contribution in [2.24, 2.45) is 0 Å². The first-order valence-corrected chi connectivity index (χ1v) is 7.80. The lowest BCUT2D eigenvalue weighted by Gasteiger charge is -2.14. The van der Waals surface area contributed by atoms with Crippen LogP contribution in [0.2, 0.25) is 0 Å². The predicted molar refractivity (Wildman–Crippen MR) is 94.0 cm³/mol. The molecule has 1 N–H and O–H groups in total. The lowest BCUT2D eigenvalue weighted by molar-refractivity contribution is 0.0924. The van der Waals surface area contributed by atoms with Gasteiger partial charge in [-0.3, -0.25) is 14.4 Å². The highest BCUT2D eigenvalue weighted by Crippen LogP contribution is 2.26. The van der Waals surface area contributed by atoms with Crippen molar-refractivity contribution in [2.45, 2.75) is 0 Å². The third-order valence-electron chi connectivity index (χ3n) is 3.97. The number of hydrogen-bond donors (Lipinski definition) is 1. The molecule has 7 nitrogen and oxygen atoms in total. The Morgan fingerprint density at radius 3 is 2.35 bits per heavy atom. The average molecular weight is 344 g/mol. The number of nitrogens with zero attached hydrogens (tertiary/aromatic N) is 3. The molecule has 7 heteroatoms. The average Bonchev–Trinajstić information content (AvgIpc) is 2.94. The molecule has 0 atom stereocenters. The van der Waals surface area contributed by atoms with Crippen LogP contribution in [-0.2, 0) is 0 Å². The second kappa shape index (κ2) is 6.21. The fourth-order valence-corrected chi connectivity index (χ4v) is 2.70. The fourth-order valence-electron chi connectivity index (χ4n) is 2.70. The third-order valence-corrected chi connectivity index (χ3v) is 3.97. The van der Waals surface area contributed by atoms with Crippen LogP contribution >= 0.6 is 0 Å². The summed E-state index contributed by atoms with van der Waals surface area (Å²) in [5.74, 6) is -1.27. The van der Waals surface area contributed by atoms with Crippen molar-refractivity contribution < 1.29 is 14.4 Å². The molecule has 3 aromatic rings. The van der Waals surface area contributed by atoms with Gasteiger partial charge in [-0.05, 0) is 36.4 Å². The normalized spacial score (nSPS) is 12.8. The van der Waals surface area contributed by atoms with Crippen LogP contribution in [0.5, 0.6) is 0 Å². The van der Waals surface area contributed by atoms with Gasteiger partial charge < -0.3 is 5.32 Å². The van der Waals surface area contributed by atoms with E-state index in [9.17, 15) is 14.4 Å². The Kier molecular flexibility index (Phi) is 3.74. The van der Waals surface area contributed by atoms with Gasteiger partial charge in [0.15, 0.2) is 0 Å². The van der Waals surface area contributed by atoms with Crippen LogP contribution in [0, 0.1) is 0 Å². The molecule has 0 aliphatic carbocycles. The number of carbonyl (C=O) groups excluding carboxylic acids is 3. The van der Waals surface area contributed by atoms with Crippen molar-refractivity contribution in [2.75, 3.05) is 10.2 Å². The lowest BCUT2D eigenvalue weighted by Crippen LogP contribution is -2.29. The second-order valence-electron chi connectivity index (χ2n) is 5.60. The molecule has 0 bridgehead atoms. The number of imide groups is 1. The summed E-state index contributed by atoms with van der Waals surface area (Å²) in [6, 6.07) is 15.3. The topological polar surface area (TPSA) is 92.3 Å². The van der Waals surface area contributed by atoms with E-state index in [1.807, 2.05) is 18.2 Å². The molecule has 0 radical (unpaired) electrons. The number of aromatic nitrogens is 2. The highest BCUT2D eigenvalue weighted by atomic mass is 16.2. The maximum Gasteiger partial charge on any atom is 0.284 e. The Labute approximate surface area is 148 Å². The monoisotopic (exact) mass is 344 g/mol. The zero-order valence-corrected chi connectivity index (χ0v) is 13.4. The Morgan fingerprint density at radius 2 is 1.65 bits per heavy atom. The maximum atomic E-state index is 12.4. The Bertz CT molecular complexity index is 981. The van der Waals surface area contributed by atoms with Gasteiger partial charge in [0.1, 0.15) is 12.0 Å². The van der Waals surface area contributed by atoms with E-state index >= 15 is 0 Å². The van der Waals surface area contributed by atoms with Gasteiger partial charge in [0.2, 0.25) is 0 Å². The van der Waals surface area contributed by atoms with Crippen molar-refractivity contribution in [3.63, 3.8) is 0 Å². The maximum absolute atomic E-state index is 12.4. The van der Waals surface area contributed by atoms with Gasteiger partial charge in [-0.25, -0.2) is 14.9 Å². The van der Waals surface area contributed by atoms with Gasteiger partial charge in [-0.15, -0.1) is 0 Å². The van der Waals surface area contributed by atoms with Crippen molar-refractivity contribution in [3.8, 4) is 0 Å². The number of nitrogens with one attached hydrogen (secondary N) is 1. The standard InChI is InChI=1S/C19H12N4O3/c24-17(22-13-4-2-1-3-5-13)12-6-8-14(9-7-12)23-18(25)15-10-20-11-21-16(15)19(23)26/h1-11H,(H,22,24). The third kappa shape index (κ3) is 2.61. The summed E-state index contributed by atoms with van der Waals surface area (Å²) in [7, 11) is 0. The van der Waals surface area contributed by atoms with Crippen LogP contribution in [0.15, 0.2) is 67.1 Å². The van der Waals surface area contributed by atoms with E-state index in [2.05, 4.69) is 15.3 Å². The quantitative estimate of drug-likeness (QED) is 0.737. The Hall–Kier alpha value is -3.87. The first kappa shape index (κ1) is 15.6. The summed E-state index contributed by atoms with van der Waals surface area (Å²) in [6.45, 7) is 0. The van der Waals surface area contributed by atoms with Gasteiger partial charge >= 0.3 is 0 Å². The molecule has 0 fully saturated rings. The van der Waals surface area contributed by atoms with E-state index in [0.717, 1.165) is 4.90 Å². The van der Waals surface area contributed by atoms with Crippen LogP contribution in [0.25, 0.3) is 0 Å². The number of hydrogen-bond acceptors (Lipinski definition) is 5. The van der Waals surface area contributed by atoms with Crippen molar-refractivity contribution >= 4 is 29.1 Å². The molecule has 0 spiro atoms. The Morgan fingerprint density at radius 1 is 0.923 bits per heavy atom. The summed E-state index contributed by atoms with van der Waals surface area (Å²) >= 11 is 0. The highest BCUT2D eigenvalue weighted by molar-refractivity contribution is 6.33. The van der Waals surface area contributed by atoms with E-state index in [-0.39, 0.29) is 17.2 Å². The minimum atomic E-state index is -0.506. The molecule has 3 amide bonds. The van der Waals surface area contributed by atoms with Gasteiger partial charge in [0.05, 0.1) is 11.3 Å². The van der Waals surface area contributed by atoms with E-state index in [1.54, 1.807) is 36.4 Å². The zero-order valence-electron chi connectivity index (χ0n) is 13.4. The Balaban J connectivity index is 1.56. The van der Waals surface area contributed by atoms with Crippen LogP contribution in [0.3, 0.4) is 0 Å². The van der Waals surface area contributed by atoms with Crippen LogP contribution < -0.4 is 10.2 Å². The molecule has 1 aromatic heterocycles. The second-order valence-corrected chi connectivity index (χ2v) is 5.60. The molecule has 2 heterocycles. The SMILES string of the molecule is O=C(Nc1ccccc1)c1ccc(N2C(=O)c3cncnc3C2=O)cc1. The zero-order chi connectivity index (χ0) is 18.1. The first-order chi connectivity index (χ1) is 12.6. The highest BCUT2D eigenvalue weighted by Gasteiger charge is 2.38. The smallest absolute Gasteiger partial charge is 0.284 e. The molecule has 1 aliphatic heterocycles. The number of carbonyl (C=O) groups is 3. The number of fused-ring (bicyclic) bond motifs is 1. The lowest BCUT2D eigenvalue weighted by atomic mass is 10.1. The summed E-state index contributed by atoms with van der Waals surface area (Å²) in [6.07, 6.45) is 2.55. The summed E-state index contributed by atoms with van der Waals surface area (Å²) in [5, 5.41) is 2.77. The molecular weight excluding hydrogens is 332 g/mol. The van der Waals surface area contributed by atoms with Gasteiger partial charge in [0.25, 0.3) is 17.7 Å². The number of anilines is 2. The number of benzene rings is 2. The molecular formula is C19H12N4O3. The molecule has 1 aliphatic rings. The molecule has 0 saturated heterocycles. The first-order valence-electron chi connectivity index (χ1n) is 7.80. The van der Waals surface area contributed by atoms with Gasteiger partial charge in [0, 0.05) is 17.4 Å². The number of amides is 3. The van der Waals surface area contributed by atoms with E-state index in [0.29, 0.717) is 16.9 Å². The molecule has 4 rings (SSSR count). The molecule has 126 valence electrons. The predicted octanol–water partition coefficient (Wildman–Crippen LogP) is 2.53. The van der Waals surface area contributed by atoms with Crippen LogP contribution in [0.1, 0.15) is 31.2 Å². The van der Waals surface area contributed by atoms with E-state index in [4.69, 9.17) is 0 Å². The minimum Gasteiger partial charge on any atom is -0.322 e. The van der Waals surface area contributed by atoms with Crippen molar-refractivity contribution in [3.05, 3.63) is 83.9 Å². The summed E-state index contributed by atoms with van der Waals surface area (Å²) in [4.78, 5) is 45.8. The molecule has 0 saturated carbocycles. The van der Waals surface area contributed by atoms with Crippen LogP contribution in [-0.4, -0.2) is 27.7 Å².